The molecule has 0 amide bonds. The summed E-state index contributed by atoms with van der Waals surface area (Å²) in [6, 6.07) is 0. The molecule has 0 N–H and O–H groups in total. The minimum Gasteiger partial charge on any atom is -0.258 e. The van der Waals surface area contributed by atoms with E-state index >= 15 is 0 Å². The van der Waals surface area contributed by atoms with Crippen molar-refractivity contribution in [2.45, 2.75) is 48.5 Å². The van der Waals surface area contributed by atoms with Crippen LogP contribution in [0.15, 0.2) is 39.6 Å². The quantitative estimate of drug-likeness (QED) is 0.469. The van der Waals surface area contributed by atoms with Crippen molar-refractivity contribution in [2.75, 3.05) is 0 Å². The Morgan fingerprint density at radius 1 is 0.933 bits per heavy atom. The lowest BCUT2D eigenvalue weighted by Gasteiger charge is -2.07. The van der Waals surface area contributed by atoms with Crippen LogP contribution in [0.4, 0.5) is 0 Å². The molecule has 0 unspecified atom stereocenters. The number of hydrogen-bond donors (Lipinski definition) is 0. The van der Waals surface area contributed by atoms with E-state index < -0.39 is 0 Å². The van der Waals surface area contributed by atoms with Gasteiger partial charge < -0.3 is 0 Å². The Hall–Kier alpha value is -1.11. The van der Waals surface area contributed by atoms with Crippen LogP contribution < -0.4 is 0 Å². The van der Waals surface area contributed by atoms with Gasteiger partial charge in [-0.2, -0.15) is 0 Å². The molecular formula is C14H23N. The Morgan fingerprint density at radius 2 is 1.47 bits per heavy atom. The summed E-state index contributed by atoms with van der Waals surface area (Å²) >= 11 is 0. The largest absolute Gasteiger partial charge is 0.258 e. The van der Waals surface area contributed by atoms with Crippen molar-refractivity contribution >= 4 is 5.71 Å². The van der Waals surface area contributed by atoms with Gasteiger partial charge in [-0.05, 0) is 54.0 Å². The van der Waals surface area contributed by atoms with Gasteiger partial charge in [0, 0.05) is 5.71 Å². The van der Waals surface area contributed by atoms with E-state index in [9.17, 15) is 0 Å². The highest BCUT2D eigenvalue weighted by Crippen LogP contribution is 2.19. The third kappa shape index (κ3) is 5.36. The molecule has 0 aromatic rings. The summed E-state index contributed by atoms with van der Waals surface area (Å²) in [5.74, 6) is 0. The lowest BCUT2D eigenvalue weighted by molar-refractivity contribution is 1.21. The highest BCUT2D eigenvalue weighted by Gasteiger charge is 2.02. The molecule has 15 heavy (non-hydrogen) atoms. The number of hydrogen-bond acceptors (Lipinski definition) is 1. The number of nitrogens with zero attached hydrogens (tertiary/aromatic N) is 1. The van der Waals surface area contributed by atoms with Crippen molar-refractivity contribution in [1.29, 1.82) is 0 Å². The average molecular weight is 205 g/mol. The van der Waals surface area contributed by atoms with Gasteiger partial charge in [0.1, 0.15) is 0 Å². The molecule has 0 aliphatic heterocycles. The maximum absolute atomic E-state index is 4.55. The van der Waals surface area contributed by atoms with Crippen LogP contribution in [0.1, 0.15) is 48.5 Å². The van der Waals surface area contributed by atoms with Gasteiger partial charge in [-0.1, -0.05) is 23.3 Å². The Bertz CT molecular complexity index is 326. The van der Waals surface area contributed by atoms with Crippen molar-refractivity contribution in [1.82, 2.24) is 0 Å². The van der Waals surface area contributed by atoms with E-state index in [0.717, 1.165) is 11.4 Å². The highest BCUT2D eigenvalue weighted by molar-refractivity contribution is 5.80. The first-order valence-electron chi connectivity index (χ1n) is 5.39. The van der Waals surface area contributed by atoms with Crippen LogP contribution in [0.3, 0.4) is 0 Å². The highest BCUT2D eigenvalue weighted by atomic mass is 14.7. The van der Waals surface area contributed by atoms with E-state index in [-0.39, 0.29) is 0 Å². The van der Waals surface area contributed by atoms with E-state index in [1.165, 1.54) is 16.7 Å². The molecule has 0 heterocycles. The SMILES string of the molecule is C/C=C(\N=C(C)C)C(C=C(C)C)=C(C)C. The summed E-state index contributed by atoms with van der Waals surface area (Å²) in [6.07, 6.45) is 4.26. The lowest BCUT2D eigenvalue weighted by Crippen LogP contribution is -1.91. The van der Waals surface area contributed by atoms with Gasteiger partial charge in [0.15, 0.2) is 0 Å². The summed E-state index contributed by atoms with van der Waals surface area (Å²) in [7, 11) is 0. The van der Waals surface area contributed by atoms with E-state index in [1.54, 1.807) is 0 Å². The average Bonchev–Trinajstić information content (AvgIpc) is 2.09. The van der Waals surface area contributed by atoms with Crippen LogP contribution in [0, 0.1) is 0 Å². The third-order valence-corrected chi connectivity index (χ3v) is 1.87. The first-order chi connectivity index (χ1) is 6.88. The van der Waals surface area contributed by atoms with Crippen molar-refractivity contribution in [2.24, 2.45) is 4.99 Å². The normalized spacial score (nSPS) is 10.7. The van der Waals surface area contributed by atoms with E-state index in [1.807, 2.05) is 20.8 Å². The van der Waals surface area contributed by atoms with Crippen LogP contribution in [0.2, 0.25) is 0 Å². The molecule has 1 heteroatoms. The van der Waals surface area contributed by atoms with Crippen molar-refractivity contribution in [3.8, 4) is 0 Å². The molecule has 0 spiro atoms. The molecule has 0 bridgehead atoms. The molecule has 0 aromatic carbocycles. The predicted molar refractivity (Wildman–Crippen MR) is 70.3 cm³/mol. The molecule has 0 saturated carbocycles. The molecule has 0 aliphatic rings. The summed E-state index contributed by atoms with van der Waals surface area (Å²) in [6.45, 7) is 14.5. The third-order valence-electron chi connectivity index (χ3n) is 1.87. The van der Waals surface area contributed by atoms with Gasteiger partial charge in [0.05, 0.1) is 5.70 Å². The van der Waals surface area contributed by atoms with E-state index in [0.29, 0.717) is 0 Å². The second-order valence-corrected chi connectivity index (χ2v) is 4.37. The zero-order chi connectivity index (χ0) is 12.0. The summed E-state index contributed by atoms with van der Waals surface area (Å²) < 4.78 is 0. The molecule has 0 rings (SSSR count). The van der Waals surface area contributed by atoms with Crippen molar-refractivity contribution in [3.05, 3.63) is 34.6 Å². The molecule has 1 nitrogen and oxygen atoms in total. The fraction of sp³-hybridized carbons (Fsp3) is 0.500. The van der Waals surface area contributed by atoms with Crippen LogP contribution in [0.5, 0.6) is 0 Å². The standard InChI is InChI=1S/C14H23N/c1-8-14(15-12(6)7)13(11(4)5)9-10(2)3/h8-9H,1-7H3/b14-8-. The fourth-order valence-electron chi connectivity index (χ4n) is 1.28. The van der Waals surface area contributed by atoms with Crippen LogP contribution in [-0.2, 0) is 0 Å². The molecule has 84 valence electrons. The van der Waals surface area contributed by atoms with Crippen molar-refractivity contribution in [3.63, 3.8) is 0 Å². The Morgan fingerprint density at radius 3 is 1.73 bits per heavy atom. The summed E-state index contributed by atoms with van der Waals surface area (Å²) in [4.78, 5) is 4.55. The molecule has 0 atom stereocenters. The molecule has 0 saturated heterocycles. The smallest absolute Gasteiger partial charge is 0.0657 e. The maximum Gasteiger partial charge on any atom is 0.0657 e. The first kappa shape index (κ1) is 13.9. The van der Waals surface area contributed by atoms with Gasteiger partial charge in [0.2, 0.25) is 0 Å². The van der Waals surface area contributed by atoms with E-state index in [4.69, 9.17) is 0 Å². The van der Waals surface area contributed by atoms with Gasteiger partial charge in [-0.15, -0.1) is 0 Å². The number of allylic oxidation sites excluding steroid dienone is 4. The predicted octanol–water partition coefficient (Wildman–Crippen LogP) is 4.67. The van der Waals surface area contributed by atoms with E-state index in [2.05, 4.69) is 44.8 Å². The second kappa shape index (κ2) is 6.39. The Kier molecular flexibility index (Phi) is 5.92. The van der Waals surface area contributed by atoms with Crippen LogP contribution in [0.25, 0.3) is 0 Å². The van der Waals surface area contributed by atoms with Gasteiger partial charge in [-0.25, -0.2) is 0 Å². The topological polar surface area (TPSA) is 12.4 Å². The second-order valence-electron chi connectivity index (χ2n) is 4.37. The maximum atomic E-state index is 4.55. The Balaban J connectivity index is 5.39. The fourth-order valence-corrected chi connectivity index (χ4v) is 1.28. The number of aliphatic imine (C=N–C) groups is 1. The van der Waals surface area contributed by atoms with Gasteiger partial charge in [-0.3, -0.25) is 4.99 Å². The van der Waals surface area contributed by atoms with Gasteiger partial charge in [0.25, 0.3) is 0 Å². The van der Waals surface area contributed by atoms with Crippen LogP contribution in [-0.4, -0.2) is 5.71 Å². The number of rotatable bonds is 3. The Labute approximate surface area is 94.3 Å². The van der Waals surface area contributed by atoms with Gasteiger partial charge >= 0.3 is 0 Å². The molecule has 0 aliphatic carbocycles. The zero-order valence-electron chi connectivity index (χ0n) is 11.1. The molecule has 0 fully saturated rings. The summed E-state index contributed by atoms with van der Waals surface area (Å²) in [5, 5.41) is 0. The minimum atomic E-state index is 1.07. The molecular weight excluding hydrogens is 182 g/mol. The molecule has 0 radical (unpaired) electrons. The zero-order valence-corrected chi connectivity index (χ0v) is 11.1. The summed E-state index contributed by atoms with van der Waals surface area (Å²) in [5.41, 5.74) is 5.99. The minimum absolute atomic E-state index is 1.07. The molecule has 0 aromatic heterocycles. The monoisotopic (exact) mass is 205 g/mol. The van der Waals surface area contributed by atoms with Crippen LogP contribution >= 0.6 is 0 Å². The first-order valence-corrected chi connectivity index (χ1v) is 5.39. The van der Waals surface area contributed by atoms with Crippen molar-refractivity contribution < 1.29 is 0 Å². The lowest BCUT2D eigenvalue weighted by atomic mass is 10.0.